The summed E-state index contributed by atoms with van der Waals surface area (Å²) in [5.74, 6) is 1.05. The lowest BCUT2D eigenvalue weighted by molar-refractivity contribution is -0.128. The minimum Gasteiger partial charge on any atom is -0.497 e. The predicted molar refractivity (Wildman–Crippen MR) is 188 cm³/mol. The second-order valence-corrected chi connectivity index (χ2v) is 14.9. The quantitative estimate of drug-likeness (QED) is 0.278. The van der Waals surface area contributed by atoms with Crippen LogP contribution < -0.4 is 15.8 Å². The van der Waals surface area contributed by atoms with Gasteiger partial charge in [-0.1, -0.05) is 44.7 Å². The zero-order valence-corrected chi connectivity index (χ0v) is 28.8. The number of amides is 2. The minimum absolute atomic E-state index is 0.0694. The van der Waals surface area contributed by atoms with E-state index in [1.54, 1.807) is 11.4 Å². The molecule has 3 aromatic rings. The highest BCUT2D eigenvalue weighted by Gasteiger charge is 2.63. The Labute approximate surface area is 278 Å². The molecule has 2 aliphatic heterocycles. The predicted octanol–water partition coefficient (Wildman–Crippen LogP) is 6.46. The van der Waals surface area contributed by atoms with E-state index in [1.165, 1.54) is 47.0 Å². The Morgan fingerprint density at radius 1 is 1.13 bits per heavy atom. The molecule has 3 heterocycles. The Kier molecular flexibility index (Phi) is 8.93. The van der Waals surface area contributed by atoms with E-state index in [-0.39, 0.29) is 17.9 Å². The van der Waals surface area contributed by atoms with Crippen molar-refractivity contribution in [2.75, 3.05) is 28.3 Å². The molecule has 4 atom stereocenters. The number of carbonyl (C=O) groups is 2. The second kappa shape index (κ2) is 12.6. The molecule has 3 fully saturated rings. The van der Waals surface area contributed by atoms with Gasteiger partial charge >= 0.3 is 0 Å². The topological polar surface area (TPSA) is 92.8 Å². The normalized spacial score (nSPS) is 25.5. The fourth-order valence-electron chi connectivity index (χ4n) is 8.29. The van der Waals surface area contributed by atoms with Gasteiger partial charge in [-0.25, -0.2) is 0 Å². The third-order valence-electron chi connectivity index (χ3n) is 10.9. The fourth-order valence-corrected chi connectivity index (χ4v) is 8.29. The van der Waals surface area contributed by atoms with Crippen LogP contribution in [-0.4, -0.2) is 65.9 Å². The summed E-state index contributed by atoms with van der Waals surface area (Å²) in [6, 6.07) is 12.7. The molecule has 0 spiro atoms. The Balaban J connectivity index is 0.000000879. The lowest BCUT2D eigenvalue weighted by Crippen LogP contribution is -2.48. The molecular formula is C37H49N5O3S. The number of ether oxygens (including phenoxy) is 1. The lowest BCUT2D eigenvalue weighted by atomic mass is 9.81. The van der Waals surface area contributed by atoms with Crippen LogP contribution in [0.3, 0.4) is 0 Å². The third-order valence-corrected chi connectivity index (χ3v) is 10.9. The summed E-state index contributed by atoms with van der Waals surface area (Å²) in [4.78, 5) is 28.9. The number of hydrogen-bond acceptors (Lipinski definition) is 6. The van der Waals surface area contributed by atoms with Crippen molar-refractivity contribution in [2.45, 2.75) is 88.8 Å². The average Bonchev–Trinajstić information content (AvgIpc) is 3.70. The number of nitrogens with two attached hydrogens (primary N) is 1. The van der Waals surface area contributed by atoms with Gasteiger partial charge in [-0.3, -0.25) is 13.9 Å². The number of hydrogen-bond donors (Lipinski definition) is 3. The molecule has 46 heavy (non-hydrogen) atoms. The monoisotopic (exact) mass is 643 g/mol. The number of benzene rings is 2. The first-order chi connectivity index (χ1) is 21.9. The molecule has 2 aromatic carbocycles. The molecule has 2 saturated carbocycles. The highest BCUT2D eigenvalue weighted by atomic mass is 32.1. The molecule has 4 aliphatic rings. The number of thiol groups is 1. The van der Waals surface area contributed by atoms with Crippen LogP contribution in [0, 0.1) is 5.41 Å². The maximum absolute atomic E-state index is 14.4. The van der Waals surface area contributed by atoms with Crippen LogP contribution in [0.1, 0.15) is 91.6 Å². The minimum atomic E-state index is -0.571. The van der Waals surface area contributed by atoms with Gasteiger partial charge in [0.2, 0.25) is 11.8 Å². The van der Waals surface area contributed by atoms with Crippen LogP contribution in [0.4, 0.5) is 0 Å². The molecular weight excluding hydrogens is 595 g/mol. The smallest absolute Gasteiger partial charge is 0.248 e. The van der Waals surface area contributed by atoms with Gasteiger partial charge < -0.3 is 25.3 Å². The maximum Gasteiger partial charge on any atom is 0.248 e. The van der Waals surface area contributed by atoms with Crippen molar-refractivity contribution in [2.24, 2.45) is 11.1 Å². The molecule has 7 rings (SSSR count). The first kappa shape index (κ1) is 32.5. The molecule has 1 aromatic heterocycles. The molecule has 0 radical (unpaired) electrons. The summed E-state index contributed by atoms with van der Waals surface area (Å²) in [5.41, 5.74) is 12.7. The van der Waals surface area contributed by atoms with Crippen LogP contribution in [0.5, 0.6) is 5.75 Å². The van der Waals surface area contributed by atoms with Crippen LogP contribution in [-0.2, 0) is 11.3 Å². The van der Waals surface area contributed by atoms with E-state index in [0.29, 0.717) is 24.1 Å². The largest absolute Gasteiger partial charge is 0.497 e. The summed E-state index contributed by atoms with van der Waals surface area (Å²) < 4.78 is 9.75. The number of primary amides is 1. The van der Waals surface area contributed by atoms with E-state index in [2.05, 4.69) is 66.3 Å². The average molecular weight is 644 g/mol. The van der Waals surface area contributed by atoms with Crippen molar-refractivity contribution < 1.29 is 14.3 Å². The van der Waals surface area contributed by atoms with Crippen LogP contribution in [0.2, 0.25) is 0 Å². The first-order valence-electron chi connectivity index (χ1n) is 16.7. The van der Waals surface area contributed by atoms with Gasteiger partial charge in [0.15, 0.2) is 0 Å². The van der Waals surface area contributed by atoms with E-state index < -0.39 is 11.3 Å². The van der Waals surface area contributed by atoms with Gasteiger partial charge in [0.1, 0.15) is 5.75 Å². The van der Waals surface area contributed by atoms with Gasteiger partial charge in [-0.05, 0) is 94.1 Å². The maximum atomic E-state index is 14.4. The molecule has 0 bridgehead atoms. The zero-order chi connectivity index (χ0) is 32.9. The molecule has 9 heteroatoms. The Morgan fingerprint density at radius 3 is 2.50 bits per heavy atom. The van der Waals surface area contributed by atoms with Gasteiger partial charge in [-0.2, -0.15) is 0 Å². The van der Waals surface area contributed by atoms with Crippen LogP contribution >= 0.6 is 12.8 Å². The molecule has 246 valence electrons. The van der Waals surface area contributed by atoms with Gasteiger partial charge in [0.25, 0.3) is 0 Å². The molecule has 2 amide bonds. The highest BCUT2D eigenvalue weighted by Crippen LogP contribution is 2.65. The summed E-state index contributed by atoms with van der Waals surface area (Å²) >= 11 is 3.80. The number of fused-ring (bicyclic) bond motifs is 7. The first-order valence-corrected chi connectivity index (χ1v) is 17.1. The van der Waals surface area contributed by atoms with Crippen LogP contribution in [0.25, 0.3) is 22.2 Å². The number of methoxy groups -OCH3 is 1. The van der Waals surface area contributed by atoms with E-state index in [0.717, 1.165) is 49.1 Å². The summed E-state index contributed by atoms with van der Waals surface area (Å²) in [7, 11) is 7.51. The zero-order valence-electron chi connectivity index (χ0n) is 27.9. The van der Waals surface area contributed by atoms with Crippen molar-refractivity contribution in [3.8, 4) is 17.0 Å². The highest BCUT2D eigenvalue weighted by molar-refractivity contribution is 7.77. The van der Waals surface area contributed by atoms with E-state index in [4.69, 9.17) is 10.5 Å². The van der Waals surface area contributed by atoms with Crippen molar-refractivity contribution in [1.29, 1.82) is 0 Å². The summed E-state index contributed by atoms with van der Waals surface area (Å²) in [5, 5.41) is 4.65. The van der Waals surface area contributed by atoms with E-state index in [1.807, 2.05) is 32.3 Å². The van der Waals surface area contributed by atoms with Gasteiger partial charge in [0.05, 0.1) is 18.2 Å². The van der Waals surface area contributed by atoms with E-state index >= 15 is 0 Å². The Hall–Kier alpha value is -3.43. The number of rotatable bonds is 5. The number of nitrogens with one attached hydrogen (secondary N) is 1. The summed E-state index contributed by atoms with van der Waals surface area (Å²) in [6.07, 6.45) is 8.49. The molecule has 3 N–H and O–H groups in total. The fraction of sp³-hybridized carbons (Fsp3) is 0.514. The van der Waals surface area contributed by atoms with Crippen molar-refractivity contribution in [1.82, 2.24) is 19.1 Å². The van der Waals surface area contributed by atoms with Gasteiger partial charge in [-0.15, -0.1) is 0 Å². The number of aromatic nitrogens is 1. The van der Waals surface area contributed by atoms with Crippen molar-refractivity contribution in [3.63, 3.8) is 0 Å². The van der Waals surface area contributed by atoms with Crippen molar-refractivity contribution in [3.05, 3.63) is 65.4 Å². The second-order valence-electron chi connectivity index (χ2n) is 14.1. The SMILES string of the molecule is C=C1CC(NC(=O)C23CC2c2cc(OC)ccc2-c2c(C4CCCCC4)c4ccc(C(N)=O)cc4n2C3)CC(C)N1C.CN(C)S. The number of likely N-dealkylation sites (tertiary alicyclic amines) is 1. The standard InChI is InChI=1S/C35H42N4O3.C2H7NS/c1-20-14-24(15-21(2)38(20)3)37-34(41)35-18-29(35)28-17-25(42-4)11-13-26(28)32-31(22-8-6-5-7-9-22)27-12-10-23(33(36)40)16-30(27)39(32)19-35;1-3(2)4/h10-13,16-17,21-22,24,29H,1,5-9,14-15,18-19H2,2-4H3,(H2,36,40)(H,37,41);4H,1-2H3. The summed E-state index contributed by atoms with van der Waals surface area (Å²) in [6.45, 7) is 7.03. The number of piperidine rings is 1. The molecule has 1 saturated heterocycles. The molecule has 2 aliphatic carbocycles. The Morgan fingerprint density at radius 2 is 1.85 bits per heavy atom. The molecule has 8 nitrogen and oxygen atoms in total. The van der Waals surface area contributed by atoms with Gasteiger partial charge in [0, 0.05) is 65.7 Å². The Bertz CT molecular complexity index is 1670. The van der Waals surface area contributed by atoms with Crippen molar-refractivity contribution >= 4 is 35.5 Å². The van der Waals surface area contributed by atoms with E-state index in [9.17, 15) is 9.59 Å². The molecule has 4 unspecified atom stereocenters. The third kappa shape index (κ3) is 5.81. The number of nitrogens with zero attached hydrogens (tertiary/aromatic N) is 3. The van der Waals surface area contributed by atoms with Crippen LogP contribution in [0.15, 0.2) is 48.7 Å². The lowest BCUT2D eigenvalue weighted by Gasteiger charge is -2.39. The number of carbonyl (C=O) groups excluding carboxylic acids is 2.